The Labute approximate surface area is 172 Å². The van der Waals surface area contributed by atoms with Crippen molar-refractivity contribution in [1.82, 2.24) is 19.7 Å². The van der Waals surface area contributed by atoms with Gasteiger partial charge in [0.05, 0.1) is 6.54 Å². The maximum atomic E-state index is 14.6. The van der Waals surface area contributed by atoms with E-state index in [9.17, 15) is 13.9 Å². The first-order valence-corrected chi connectivity index (χ1v) is 9.80. The standard InChI is InChI=1S/C21H21ClF2N4O/c22-19-4-2-1-3-15(19)10-27(17-6-7-17)11-21(29,12-28-14-25-13-26-28)18-8-5-16(23)9-20(18)24/h1-5,8-9,13-14,17,29H,6-7,10-12H2. The summed E-state index contributed by atoms with van der Waals surface area (Å²) in [5, 5.41) is 16.3. The Morgan fingerprint density at radius 2 is 2.00 bits per heavy atom. The van der Waals surface area contributed by atoms with E-state index in [4.69, 9.17) is 11.6 Å². The molecule has 0 saturated heterocycles. The van der Waals surface area contributed by atoms with Crippen molar-refractivity contribution in [2.75, 3.05) is 6.54 Å². The molecule has 152 valence electrons. The molecule has 1 heterocycles. The van der Waals surface area contributed by atoms with Crippen molar-refractivity contribution < 1.29 is 13.9 Å². The molecule has 0 spiro atoms. The van der Waals surface area contributed by atoms with Gasteiger partial charge in [-0.25, -0.2) is 18.4 Å². The second-order valence-electron chi connectivity index (χ2n) is 7.48. The van der Waals surface area contributed by atoms with Crippen LogP contribution < -0.4 is 0 Å². The quantitative estimate of drug-likeness (QED) is 0.605. The minimum absolute atomic E-state index is 0.0126. The summed E-state index contributed by atoms with van der Waals surface area (Å²) in [6.07, 6.45) is 4.80. The highest BCUT2D eigenvalue weighted by molar-refractivity contribution is 6.31. The lowest BCUT2D eigenvalue weighted by atomic mass is 9.92. The van der Waals surface area contributed by atoms with Crippen LogP contribution in [0.3, 0.4) is 0 Å². The Morgan fingerprint density at radius 3 is 2.66 bits per heavy atom. The van der Waals surface area contributed by atoms with Gasteiger partial charge >= 0.3 is 0 Å². The average molecular weight is 419 g/mol. The zero-order valence-electron chi connectivity index (χ0n) is 15.7. The predicted molar refractivity (Wildman–Crippen MR) is 105 cm³/mol. The Balaban J connectivity index is 1.67. The molecule has 5 nitrogen and oxygen atoms in total. The van der Waals surface area contributed by atoms with Crippen molar-refractivity contribution in [3.05, 3.63) is 82.9 Å². The zero-order chi connectivity index (χ0) is 20.4. The van der Waals surface area contributed by atoms with Crippen molar-refractivity contribution in [1.29, 1.82) is 0 Å². The van der Waals surface area contributed by atoms with Crippen LogP contribution in [0, 0.1) is 11.6 Å². The molecule has 8 heteroatoms. The number of hydrogen-bond acceptors (Lipinski definition) is 4. The van der Waals surface area contributed by atoms with Gasteiger partial charge in [0.2, 0.25) is 0 Å². The molecule has 0 amide bonds. The molecule has 0 aliphatic heterocycles. The molecule has 29 heavy (non-hydrogen) atoms. The van der Waals surface area contributed by atoms with Gasteiger partial charge < -0.3 is 5.11 Å². The fourth-order valence-electron chi connectivity index (χ4n) is 3.60. The van der Waals surface area contributed by atoms with Crippen LogP contribution in [0.5, 0.6) is 0 Å². The molecule has 1 aliphatic carbocycles. The number of nitrogens with zero attached hydrogens (tertiary/aromatic N) is 4. The normalized spacial score (nSPS) is 16.2. The van der Waals surface area contributed by atoms with Crippen molar-refractivity contribution in [3.8, 4) is 0 Å². The minimum atomic E-state index is -1.63. The van der Waals surface area contributed by atoms with E-state index in [0.29, 0.717) is 11.6 Å². The molecule has 1 atom stereocenters. The molecule has 1 unspecified atom stereocenters. The first-order chi connectivity index (χ1) is 13.9. The van der Waals surface area contributed by atoms with E-state index in [1.807, 2.05) is 24.3 Å². The van der Waals surface area contributed by atoms with E-state index in [1.165, 1.54) is 23.4 Å². The largest absolute Gasteiger partial charge is 0.382 e. The second-order valence-corrected chi connectivity index (χ2v) is 7.88. The Kier molecular flexibility index (Phi) is 5.63. The summed E-state index contributed by atoms with van der Waals surface area (Å²) in [6, 6.07) is 11.0. The highest BCUT2D eigenvalue weighted by atomic mass is 35.5. The van der Waals surface area contributed by atoms with E-state index in [2.05, 4.69) is 15.0 Å². The van der Waals surface area contributed by atoms with Crippen molar-refractivity contribution in [2.45, 2.75) is 37.6 Å². The fourth-order valence-corrected chi connectivity index (χ4v) is 3.80. The van der Waals surface area contributed by atoms with Crippen LogP contribution in [0.1, 0.15) is 24.0 Å². The summed E-state index contributed by atoms with van der Waals surface area (Å²) in [5.41, 5.74) is -0.669. The Bertz CT molecular complexity index is 981. The molecule has 2 aromatic carbocycles. The summed E-state index contributed by atoms with van der Waals surface area (Å²) in [5.74, 6) is -1.48. The number of hydrogen-bond donors (Lipinski definition) is 1. The van der Waals surface area contributed by atoms with E-state index in [0.717, 1.165) is 30.5 Å². The number of aromatic nitrogens is 3. The van der Waals surface area contributed by atoms with Gasteiger partial charge in [-0.15, -0.1) is 0 Å². The smallest absolute Gasteiger partial charge is 0.137 e. The monoisotopic (exact) mass is 418 g/mol. The molecule has 1 fully saturated rings. The van der Waals surface area contributed by atoms with Gasteiger partial charge in [-0.3, -0.25) is 4.90 Å². The molecule has 0 radical (unpaired) electrons. The molecular weight excluding hydrogens is 398 g/mol. The van der Waals surface area contributed by atoms with Crippen LogP contribution >= 0.6 is 11.6 Å². The van der Waals surface area contributed by atoms with Crippen LogP contribution in [0.4, 0.5) is 8.78 Å². The number of benzene rings is 2. The third kappa shape index (κ3) is 4.63. The summed E-state index contributed by atoms with van der Waals surface area (Å²) in [4.78, 5) is 6.00. The first-order valence-electron chi connectivity index (χ1n) is 9.42. The van der Waals surface area contributed by atoms with Gasteiger partial charge in [0.25, 0.3) is 0 Å². The lowest BCUT2D eigenvalue weighted by Crippen LogP contribution is -2.45. The van der Waals surface area contributed by atoms with Crippen LogP contribution in [-0.4, -0.2) is 37.4 Å². The van der Waals surface area contributed by atoms with Gasteiger partial charge in [-0.1, -0.05) is 35.9 Å². The molecule has 3 aromatic rings. The van der Waals surface area contributed by atoms with E-state index in [-0.39, 0.29) is 24.7 Å². The SMILES string of the molecule is OC(CN(Cc1ccccc1Cl)C1CC1)(Cn1cncn1)c1ccc(F)cc1F. The van der Waals surface area contributed by atoms with Crippen LogP contribution in [-0.2, 0) is 18.7 Å². The lowest BCUT2D eigenvalue weighted by Gasteiger charge is -2.35. The summed E-state index contributed by atoms with van der Waals surface area (Å²) >= 11 is 6.33. The maximum Gasteiger partial charge on any atom is 0.137 e. The molecular formula is C21H21ClF2N4O. The van der Waals surface area contributed by atoms with Gasteiger partial charge in [0.15, 0.2) is 0 Å². The minimum Gasteiger partial charge on any atom is -0.382 e. The first kappa shape index (κ1) is 19.9. The molecule has 1 N–H and O–H groups in total. The summed E-state index contributed by atoms with van der Waals surface area (Å²) < 4.78 is 29.6. The molecule has 4 rings (SSSR count). The Hall–Kier alpha value is -2.35. The maximum absolute atomic E-state index is 14.6. The van der Waals surface area contributed by atoms with Crippen LogP contribution in [0.15, 0.2) is 55.1 Å². The van der Waals surface area contributed by atoms with Gasteiger partial charge in [-0.2, -0.15) is 5.10 Å². The highest BCUT2D eigenvalue weighted by Crippen LogP contribution is 2.35. The van der Waals surface area contributed by atoms with Crippen molar-refractivity contribution in [3.63, 3.8) is 0 Å². The Morgan fingerprint density at radius 1 is 1.21 bits per heavy atom. The third-order valence-corrected chi connectivity index (χ3v) is 5.55. The van der Waals surface area contributed by atoms with E-state index < -0.39 is 17.2 Å². The van der Waals surface area contributed by atoms with E-state index >= 15 is 0 Å². The van der Waals surface area contributed by atoms with Gasteiger partial charge in [0, 0.05) is 35.8 Å². The number of halogens is 3. The predicted octanol–water partition coefficient (Wildman–Crippen LogP) is 3.76. The molecule has 1 aliphatic rings. The molecule has 1 saturated carbocycles. The van der Waals surface area contributed by atoms with Crippen molar-refractivity contribution >= 4 is 11.6 Å². The second kappa shape index (κ2) is 8.18. The summed E-state index contributed by atoms with van der Waals surface area (Å²) in [6.45, 7) is 0.652. The van der Waals surface area contributed by atoms with Crippen LogP contribution in [0.25, 0.3) is 0 Å². The van der Waals surface area contributed by atoms with E-state index in [1.54, 1.807) is 0 Å². The zero-order valence-corrected chi connectivity index (χ0v) is 16.4. The topological polar surface area (TPSA) is 54.2 Å². The van der Waals surface area contributed by atoms with Gasteiger partial charge in [-0.05, 0) is 30.5 Å². The van der Waals surface area contributed by atoms with Gasteiger partial charge in [0.1, 0.15) is 29.9 Å². The number of rotatable bonds is 8. The average Bonchev–Trinajstić information content (AvgIpc) is 3.40. The molecule has 1 aromatic heterocycles. The molecule has 0 bridgehead atoms. The summed E-state index contributed by atoms with van der Waals surface area (Å²) in [7, 11) is 0. The highest BCUT2D eigenvalue weighted by Gasteiger charge is 2.40. The van der Waals surface area contributed by atoms with Crippen molar-refractivity contribution in [2.24, 2.45) is 0 Å². The van der Waals surface area contributed by atoms with Crippen LogP contribution in [0.2, 0.25) is 5.02 Å². The number of aliphatic hydroxyl groups is 1. The fraction of sp³-hybridized carbons (Fsp3) is 0.333. The third-order valence-electron chi connectivity index (χ3n) is 5.18. The lowest BCUT2D eigenvalue weighted by molar-refractivity contribution is -0.0259.